The van der Waals surface area contributed by atoms with Gasteiger partial charge >= 0.3 is 0 Å². The molecular formula is C20H20BrN3O. The number of hydrogen-bond donors (Lipinski definition) is 1. The van der Waals surface area contributed by atoms with E-state index in [1.54, 1.807) is 4.57 Å². The highest BCUT2D eigenvalue weighted by Crippen LogP contribution is 2.32. The highest BCUT2D eigenvalue weighted by molar-refractivity contribution is 9.10. The number of aromatic nitrogens is 2. The SMILES string of the molecule is O=C(Cc1ccc(Br)cc1)n1cc(C2CCNCC2)c2ncccc21. The van der Waals surface area contributed by atoms with Crippen molar-refractivity contribution >= 4 is 32.9 Å². The average Bonchev–Trinajstić information content (AvgIpc) is 3.04. The maximum atomic E-state index is 12.9. The Morgan fingerprint density at radius 2 is 1.96 bits per heavy atom. The van der Waals surface area contributed by atoms with E-state index < -0.39 is 0 Å². The van der Waals surface area contributed by atoms with Crippen molar-refractivity contribution in [2.24, 2.45) is 0 Å². The van der Waals surface area contributed by atoms with Crippen molar-refractivity contribution < 1.29 is 4.79 Å². The molecule has 4 rings (SSSR count). The number of rotatable bonds is 3. The third-order valence-corrected chi connectivity index (χ3v) is 5.43. The van der Waals surface area contributed by atoms with Gasteiger partial charge < -0.3 is 5.32 Å². The molecule has 0 aliphatic carbocycles. The van der Waals surface area contributed by atoms with Gasteiger partial charge in [0.1, 0.15) is 0 Å². The van der Waals surface area contributed by atoms with Gasteiger partial charge in [-0.25, -0.2) is 0 Å². The molecule has 1 N–H and O–H groups in total. The monoisotopic (exact) mass is 397 g/mol. The normalized spacial score (nSPS) is 15.6. The minimum absolute atomic E-state index is 0.0838. The van der Waals surface area contributed by atoms with Crippen LogP contribution in [0.25, 0.3) is 11.0 Å². The smallest absolute Gasteiger partial charge is 0.235 e. The maximum absolute atomic E-state index is 12.9. The zero-order chi connectivity index (χ0) is 17.2. The molecule has 1 aliphatic rings. The Bertz CT molecular complexity index is 895. The van der Waals surface area contributed by atoms with Gasteiger partial charge in [-0.05, 0) is 67.2 Å². The molecule has 0 unspecified atom stereocenters. The molecule has 0 radical (unpaired) electrons. The predicted octanol–water partition coefficient (Wildman–Crippen LogP) is 4.15. The highest BCUT2D eigenvalue weighted by Gasteiger charge is 2.22. The van der Waals surface area contributed by atoms with Crippen LogP contribution < -0.4 is 5.32 Å². The standard InChI is InChI=1S/C20H20BrN3O/c21-16-5-3-14(4-6-16)12-19(25)24-13-17(15-7-10-22-11-8-15)20-18(24)2-1-9-23-20/h1-6,9,13,15,22H,7-8,10-12H2. The van der Waals surface area contributed by atoms with Crippen LogP contribution in [0.2, 0.25) is 0 Å². The summed E-state index contributed by atoms with van der Waals surface area (Å²) in [5.74, 6) is 0.556. The maximum Gasteiger partial charge on any atom is 0.235 e. The minimum atomic E-state index is 0.0838. The Morgan fingerprint density at radius 1 is 1.20 bits per heavy atom. The molecule has 1 fully saturated rings. The van der Waals surface area contributed by atoms with Crippen molar-refractivity contribution in [2.45, 2.75) is 25.2 Å². The van der Waals surface area contributed by atoms with E-state index in [0.717, 1.165) is 47.0 Å². The van der Waals surface area contributed by atoms with E-state index in [-0.39, 0.29) is 5.91 Å². The molecule has 128 valence electrons. The Balaban J connectivity index is 1.69. The minimum Gasteiger partial charge on any atom is -0.317 e. The van der Waals surface area contributed by atoms with E-state index in [1.807, 2.05) is 48.8 Å². The third kappa shape index (κ3) is 3.39. The first-order valence-corrected chi connectivity index (χ1v) is 9.46. The predicted molar refractivity (Wildman–Crippen MR) is 103 cm³/mol. The number of fused-ring (bicyclic) bond motifs is 1. The summed E-state index contributed by atoms with van der Waals surface area (Å²) < 4.78 is 2.81. The number of hydrogen-bond acceptors (Lipinski definition) is 3. The highest BCUT2D eigenvalue weighted by atomic mass is 79.9. The zero-order valence-corrected chi connectivity index (χ0v) is 15.5. The largest absolute Gasteiger partial charge is 0.317 e. The molecule has 25 heavy (non-hydrogen) atoms. The van der Waals surface area contributed by atoms with Gasteiger partial charge in [0.15, 0.2) is 0 Å². The van der Waals surface area contributed by atoms with E-state index in [9.17, 15) is 4.79 Å². The number of carbonyl (C=O) groups is 1. The zero-order valence-electron chi connectivity index (χ0n) is 13.9. The molecule has 5 heteroatoms. The Morgan fingerprint density at radius 3 is 2.72 bits per heavy atom. The lowest BCUT2D eigenvalue weighted by molar-refractivity contribution is 0.0919. The molecule has 1 aromatic carbocycles. The Labute approximate surface area is 155 Å². The summed E-state index contributed by atoms with van der Waals surface area (Å²) in [6, 6.07) is 11.8. The van der Waals surface area contributed by atoms with Crippen molar-refractivity contribution in [3.8, 4) is 0 Å². The summed E-state index contributed by atoms with van der Waals surface area (Å²) >= 11 is 3.43. The molecule has 3 heterocycles. The first-order chi connectivity index (χ1) is 12.2. The molecule has 0 amide bonds. The summed E-state index contributed by atoms with van der Waals surface area (Å²) in [7, 11) is 0. The summed E-state index contributed by atoms with van der Waals surface area (Å²) in [5.41, 5.74) is 4.11. The number of nitrogens with zero attached hydrogens (tertiary/aromatic N) is 2. The van der Waals surface area contributed by atoms with Crippen LogP contribution in [-0.4, -0.2) is 28.5 Å². The molecule has 1 saturated heterocycles. The van der Waals surface area contributed by atoms with Gasteiger partial charge in [0.05, 0.1) is 17.5 Å². The summed E-state index contributed by atoms with van der Waals surface area (Å²) in [6.45, 7) is 2.05. The van der Waals surface area contributed by atoms with Gasteiger partial charge in [0.2, 0.25) is 5.91 Å². The van der Waals surface area contributed by atoms with E-state index in [2.05, 4.69) is 26.2 Å². The van der Waals surface area contributed by atoms with Crippen LogP contribution >= 0.6 is 15.9 Å². The van der Waals surface area contributed by atoms with Crippen molar-refractivity contribution in [2.75, 3.05) is 13.1 Å². The van der Waals surface area contributed by atoms with Gasteiger partial charge in [-0.15, -0.1) is 0 Å². The van der Waals surface area contributed by atoms with Crippen molar-refractivity contribution in [1.82, 2.24) is 14.9 Å². The Hall–Kier alpha value is -1.98. The first kappa shape index (κ1) is 16.5. The number of piperidine rings is 1. The average molecular weight is 398 g/mol. The quantitative estimate of drug-likeness (QED) is 0.721. The van der Waals surface area contributed by atoms with Crippen LogP contribution in [0.5, 0.6) is 0 Å². The fraction of sp³-hybridized carbons (Fsp3) is 0.300. The molecule has 2 aromatic heterocycles. The van der Waals surface area contributed by atoms with Gasteiger partial charge in [0, 0.05) is 16.9 Å². The van der Waals surface area contributed by atoms with Crippen LogP contribution in [0, 0.1) is 0 Å². The fourth-order valence-electron chi connectivity index (χ4n) is 3.58. The van der Waals surface area contributed by atoms with E-state index >= 15 is 0 Å². The summed E-state index contributed by atoms with van der Waals surface area (Å²) in [4.78, 5) is 17.5. The van der Waals surface area contributed by atoms with E-state index in [1.165, 1.54) is 5.56 Å². The number of halogens is 1. The number of pyridine rings is 1. The molecule has 0 spiro atoms. The van der Waals surface area contributed by atoms with Gasteiger partial charge in [0.25, 0.3) is 0 Å². The molecular weight excluding hydrogens is 378 g/mol. The van der Waals surface area contributed by atoms with E-state index in [4.69, 9.17) is 0 Å². The molecule has 1 aliphatic heterocycles. The molecule has 0 atom stereocenters. The summed E-state index contributed by atoms with van der Waals surface area (Å²) in [6.07, 6.45) is 6.41. The second kappa shape index (κ2) is 7.10. The fourth-order valence-corrected chi connectivity index (χ4v) is 3.85. The lowest BCUT2D eigenvalue weighted by Crippen LogP contribution is -2.26. The van der Waals surface area contributed by atoms with Crippen molar-refractivity contribution in [3.63, 3.8) is 0 Å². The molecule has 0 bridgehead atoms. The molecule has 4 nitrogen and oxygen atoms in total. The molecule has 0 saturated carbocycles. The number of benzene rings is 1. The van der Waals surface area contributed by atoms with Crippen molar-refractivity contribution in [3.05, 3.63) is 64.4 Å². The van der Waals surface area contributed by atoms with Crippen LogP contribution in [0.15, 0.2) is 53.3 Å². The molecule has 3 aromatic rings. The van der Waals surface area contributed by atoms with Crippen LogP contribution in [0.1, 0.15) is 34.7 Å². The number of nitrogens with one attached hydrogen (secondary N) is 1. The lowest BCUT2D eigenvalue weighted by atomic mass is 9.91. The second-order valence-corrected chi connectivity index (χ2v) is 7.46. The van der Waals surface area contributed by atoms with Crippen LogP contribution in [-0.2, 0) is 6.42 Å². The topological polar surface area (TPSA) is 46.9 Å². The first-order valence-electron chi connectivity index (χ1n) is 8.67. The van der Waals surface area contributed by atoms with Crippen LogP contribution in [0.4, 0.5) is 0 Å². The second-order valence-electron chi connectivity index (χ2n) is 6.55. The lowest BCUT2D eigenvalue weighted by Gasteiger charge is -2.21. The number of carbonyl (C=O) groups excluding carboxylic acids is 1. The van der Waals surface area contributed by atoms with Gasteiger partial charge in [-0.2, -0.15) is 0 Å². The summed E-state index contributed by atoms with van der Waals surface area (Å²) in [5, 5.41) is 3.40. The van der Waals surface area contributed by atoms with Crippen LogP contribution in [0.3, 0.4) is 0 Å². The van der Waals surface area contributed by atoms with Gasteiger partial charge in [-0.3, -0.25) is 14.3 Å². The van der Waals surface area contributed by atoms with E-state index in [0.29, 0.717) is 12.3 Å². The van der Waals surface area contributed by atoms with Gasteiger partial charge in [-0.1, -0.05) is 28.1 Å². The Kier molecular flexibility index (Phi) is 4.68. The third-order valence-electron chi connectivity index (χ3n) is 4.90. The van der Waals surface area contributed by atoms with Crippen molar-refractivity contribution in [1.29, 1.82) is 0 Å².